The first-order valence-electron chi connectivity index (χ1n) is 5.80. The van der Waals surface area contributed by atoms with E-state index >= 15 is 0 Å². The highest BCUT2D eigenvalue weighted by Gasteiger charge is 2.13. The normalized spacial score (nSPS) is 9.81. The minimum atomic E-state index is -0.752. The number of methoxy groups -OCH3 is 2. The monoisotopic (exact) mass is 295 g/mol. The molecule has 2 rings (SSSR count). The first-order chi connectivity index (χ1) is 9.55. The number of benzene rings is 1. The third-order valence-corrected chi connectivity index (χ3v) is 2.88. The molecule has 1 aromatic carbocycles. The first-order valence-corrected chi connectivity index (χ1v) is 5.80. The summed E-state index contributed by atoms with van der Waals surface area (Å²) in [7, 11) is 3.03. The maximum atomic E-state index is 11.7. The molecule has 6 N–H and O–H groups in total. The Morgan fingerprint density at radius 2 is 1.86 bits per heavy atom. The largest absolute Gasteiger partial charge is 0.497 e. The van der Waals surface area contributed by atoms with Crippen LogP contribution in [0.2, 0.25) is 0 Å². The topological polar surface area (TPSA) is 139 Å². The van der Waals surface area contributed by atoms with Crippen molar-refractivity contribution in [3.05, 3.63) is 50.2 Å². The lowest BCUT2D eigenvalue weighted by atomic mass is 10.1. The van der Waals surface area contributed by atoms with E-state index < -0.39 is 17.1 Å². The molecular weight excluding hydrogens is 278 g/mol. The van der Waals surface area contributed by atoms with Crippen LogP contribution >= 0.6 is 0 Å². The number of aromatic nitrogens is 2. The maximum Gasteiger partial charge on any atom is 0.328 e. The standard InChI is InChI=1S/C13H14N2O5.H3N/c1-19-8-4-3-7(10(6-8)20-2)5-9-11(16)14-13(18)15-12(9)17;/h3-4,6H,5H2,1-2H3,(H3,14,15,16,17,18);1H3. The second kappa shape index (κ2) is 6.62. The summed E-state index contributed by atoms with van der Waals surface area (Å²) in [5.74, 6) is 0.691. The van der Waals surface area contributed by atoms with Crippen LogP contribution in [0.1, 0.15) is 11.1 Å². The molecule has 0 amide bonds. The highest BCUT2D eigenvalue weighted by Crippen LogP contribution is 2.27. The van der Waals surface area contributed by atoms with Gasteiger partial charge in [-0.05, 0) is 11.6 Å². The van der Waals surface area contributed by atoms with Crippen LogP contribution in [0.5, 0.6) is 17.4 Å². The Morgan fingerprint density at radius 1 is 1.14 bits per heavy atom. The average Bonchev–Trinajstić information content (AvgIpc) is 2.42. The van der Waals surface area contributed by atoms with Crippen LogP contribution in [0.4, 0.5) is 0 Å². The van der Waals surface area contributed by atoms with E-state index in [4.69, 9.17) is 9.47 Å². The zero-order chi connectivity index (χ0) is 14.7. The molecule has 0 saturated carbocycles. The van der Waals surface area contributed by atoms with Crippen LogP contribution in [-0.4, -0.2) is 29.3 Å². The second-order valence-corrected chi connectivity index (χ2v) is 4.09. The Bertz CT molecular complexity index is 735. The molecular formula is C13H17N3O5. The summed E-state index contributed by atoms with van der Waals surface area (Å²) in [6.07, 6.45) is 0.116. The summed E-state index contributed by atoms with van der Waals surface area (Å²) >= 11 is 0. The summed E-state index contributed by atoms with van der Waals surface area (Å²) in [5, 5.41) is 9.66. The molecule has 0 atom stereocenters. The minimum Gasteiger partial charge on any atom is -0.497 e. The predicted octanol–water partition coefficient (Wildman–Crippen LogP) is 0.539. The summed E-state index contributed by atoms with van der Waals surface area (Å²) in [4.78, 5) is 26.9. The van der Waals surface area contributed by atoms with Gasteiger partial charge >= 0.3 is 5.69 Å². The fourth-order valence-electron chi connectivity index (χ4n) is 1.85. The Labute approximate surface area is 120 Å². The average molecular weight is 295 g/mol. The molecule has 0 radical (unpaired) electrons. The van der Waals surface area contributed by atoms with Crippen molar-refractivity contribution in [1.82, 2.24) is 16.1 Å². The van der Waals surface area contributed by atoms with Gasteiger partial charge in [0.25, 0.3) is 5.56 Å². The molecule has 0 saturated heterocycles. The van der Waals surface area contributed by atoms with E-state index in [1.54, 1.807) is 18.2 Å². The van der Waals surface area contributed by atoms with Gasteiger partial charge in [0.05, 0.1) is 19.8 Å². The van der Waals surface area contributed by atoms with Crippen molar-refractivity contribution >= 4 is 0 Å². The lowest BCUT2D eigenvalue weighted by Crippen LogP contribution is -2.25. The van der Waals surface area contributed by atoms with Crippen molar-refractivity contribution < 1.29 is 14.6 Å². The lowest BCUT2D eigenvalue weighted by Gasteiger charge is -2.10. The smallest absolute Gasteiger partial charge is 0.328 e. The molecule has 21 heavy (non-hydrogen) atoms. The Balaban J connectivity index is 0.00000220. The van der Waals surface area contributed by atoms with E-state index in [0.29, 0.717) is 17.1 Å². The predicted molar refractivity (Wildman–Crippen MR) is 76.7 cm³/mol. The van der Waals surface area contributed by atoms with Gasteiger partial charge in [0.2, 0.25) is 5.88 Å². The molecule has 0 fully saturated rings. The van der Waals surface area contributed by atoms with E-state index in [2.05, 4.69) is 9.97 Å². The van der Waals surface area contributed by atoms with Crippen molar-refractivity contribution in [2.75, 3.05) is 14.2 Å². The fourth-order valence-corrected chi connectivity index (χ4v) is 1.85. The lowest BCUT2D eigenvalue weighted by molar-refractivity contribution is 0.391. The molecule has 114 valence electrons. The van der Waals surface area contributed by atoms with Gasteiger partial charge in [-0.3, -0.25) is 14.8 Å². The van der Waals surface area contributed by atoms with Crippen molar-refractivity contribution in [3.8, 4) is 17.4 Å². The van der Waals surface area contributed by atoms with Gasteiger partial charge in [-0.25, -0.2) is 4.79 Å². The number of rotatable bonds is 4. The van der Waals surface area contributed by atoms with Gasteiger partial charge in [-0.2, -0.15) is 0 Å². The molecule has 8 nitrogen and oxygen atoms in total. The van der Waals surface area contributed by atoms with Crippen LogP contribution in [0.25, 0.3) is 0 Å². The summed E-state index contributed by atoms with van der Waals surface area (Å²) < 4.78 is 10.3. The highest BCUT2D eigenvalue weighted by atomic mass is 16.5. The van der Waals surface area contributed by atoms with Crippen molar-refractivity contribution in [2.24, 2.45) is 0 Å². The molecule has 1 aromatic heterocycles. The summed E-state index contributed by atoms with van der Waals surface area (Å²) in [5.41, 5.74) is -0.642. The van der Waals surface area contributed by atoms with Gasteiger partial charge in [-0.1, -0.05) is 6.07 Å². The number of hydrogen-bond donors (Lipinski definition) is 4. The summed E-state index contributed by atoms with van der Waals surface area (Å²) in [6.45, 7) is 0. The van der Waals surface area contributed by atoms with Crippen LogP contribution in [0.3, 0.4) is 0 Å². The number of nitrogens with one attached hydrogen (secondary N) is 2. The quantitative estimate of drug-likeness (QED) is 0.649. The molecule has 0 unspecified atom stereocenters. The van der Waals surface area contributed by atoms with E-state index in [9.17, 15) is 14.7 Å². The molecule has 0 bridgehead atoms. The summed E-state index contributed by atoms with van der Waals surface area (Å²) in [6, 6.07) is 5.11. The second-order valence-electron chi connectivity index (χ2n) is 4.09. The van der Waals surface area contributed by atoms with Crippen molar-refractivity contribution in [3.63, 3.8) is 0 Å². The van der Waals surface area contributed by atoms with Crippen LogP contribution < -0.4 is 26.9 Å². The van der Waals surface area contributed by atoms with Crippen molar-refractivity contribution in [1.29, 1.82) is 0 Å². The third kappa shape index (κ3) is 3.42. The third-order valence-electron chi connectivity index (χ3n) is 2.88. The molecule has 0 spiro atoms. The Kier molecular flexibility index (Phi) is 5.14. The Morgan fingerprint density at radius 3 is 2.43 bits per heavy atom. The number of H-pyrrole nitrogens is 2. The zero-order valence-corrected chi connectivity index (χ0v) is 11.7. The number of ether oxygens (including phenoxy) is 2. The number of hydrogen-bond acceptors (Lipinski definition) is 6. The SMILES string of the molecule is COc1ccc(Cc2c(O)[nH]c(=O)[nH]c2=O)c(OC)c1.N. The first kappa shape index (κ1) is 16.3. The number of aromatic amines is 2. The van der Waals surface area contributed by atoms with E-state index in [0.717, 1.165) is 0 Å². The van der Waals surface area contributed by atoms with E-state index in [1.165, 1.54) is 14.2 Å². The van der Waals surface area contributed by atoms with Crippen molar-refractivity contribution in [2.45, 2.75) is 6.42 Å². The molecule has 0 aliphatic rings. The Hall–Kier alpha value is -2.74. The van der Waals surface area contributed by atoms with Gasteiger partial charge in [0.15, 0.2) is 0 Å². The van der Waals surface area contributed by atoms with Gasteiger partial charge in [-0.15, -0.1) is 0 Å². The van der Waals surface area contributed by atoms with Crippen LogP contribution in [0, 0.1) is 0 Å². The fraction of sp³-hybridized carbons (Fsp3) is 0.231. The van der Waals surface area contributed by atoms with Crippen LogP contribution in [-0.2, 0) is 6.42 Å². The number of aromatic hydroxyl groups is 1. The molecule has 0 aliphatic heterocycles. The minimum absolute atomic E-state index is 0. The van der Waals surface area contributed by atoms with Gasteiger partial charge in [0, 0.05) is 12.5 Å². The van der Waals surface area contributed by atoms with Gasteiger partial charge < -0.3 is 20.7 Å². The van der Waals surface area contributed by atoms with Crippen LogP contribution in [0.15, 0.2) is 27.8 Å². The molecule has 0 aliphatic carbocycles. The van der Waals surface area contributed by atoms with E-state index in [-0.39, 0.29) is 18.1 Å². The molecule has 1 heterocycles. The van der Waals surface area contributed by atoms with Gasteiger partial charge in [0.1, 0.15) is 11.5 Å². The van der Waals surface area contributed by atoms with E-state index in [1.807, 2.05) is 0 Å². The molecule has 2 aromatic rings. The highest BCUT2D eigenvalue weighted by molar-refractivity contribution is 5.43. The molecule has 8 heteroatoms. The maximum absolute atomic E-state index is 11.7. The zero-order valence-electron chi connectivity index (χ0n) is 11.7.